The van der Waals surface area contributed by atoms with Crippen LogP contribution in [0.15, 0.2) is 40.9 Å². The number of rotatable bonds is 2. The second-order valence-electron chi connectivity index (χ2n) is 6.11. The molecular formula is C20H16N4O. The van der Waals surface area contributed by atoms with Crippen molar-refractivity contribution in [3.63, 3.8) is 0 Å². The highest BCUT2D eigenvalue weighted by Gasteiger charge is 2.14. The molecule has 4 aromatic rings. The number of aromatic amines is 1. The number of hydrogen-bond donors (Lipinski definition) is 1. The number of nitrogens with zero attached hydrogens (tertiary/aromatic N) is 3. The van der Waals surface area contributed by atoms with Gasteiger partial charge in [-0.2, -0.15) is 5.26 Å². The van der Waals surface area contributed by atoms with E-state index in [0.29, 0.717) is 5.56 Å². The number of fused-ring (bicyclic) bond motifs is 1. The first-order valence-electron chi connectivity index (χ1n) is 8.01. The SMILES string of the molecule is Cc1noc(C)c1-c1ccc2nc(-c3cccc(C#N)c3C)[nH]c2c1. The molecular weight excluding hydrogens is 312 g/mol. The smallest absolute Gasteiger partial charge is 0.141 e. The molecule has 5 heteroatoms. The molecule has 0 radical (unpaired) electrons. The van der Waals surface area contributed by atoms with E-state index >= 15 is 0 Å². The number of aryl methyl sites for hydroxylation is 2. The molecule has 25 heavy (non-hydrogen) atoms. The Balaban J connectivity index is 1.86. The Hall–Kier alpha value is -3.39. The fraction of sp³-hybridized carbons (Fsp3) is 0.150. The molecule has 0 bridgehead atoms. The van der Waals surface area contributed by atoms with Crippen LogP contribution >= 0.6 is 0 Å². The lowest BCUT2D eigenvalue weighted by Gasteiger charge is -2.03. The zero-order valence-electron chi connectivity index (χ0n) is 14.2. The molecule has 4 rings (SSSR count). The third kappa shape index (κ3) is 2.39. The predicted molar refractivity (Wildman–Crippen MR) is 96.0 cm³/mol. The fourth-order valence-electron chi connectivity index (χ4n) is 3.20. The molecule has 0 unspecified atom stereocenters. The standard InChI is InChI=1S/C20H16N4O/c1-11-15(10-21)5-4-6-16(11)20-22-17-8-7-14(9-18(17)23-20)19-12(2)24-25-13(19)3/h4-9H,1-3H3,(H,22,23). The molecule has 122 valence electrons. The summed E-state index contributed by atoms with van der Waals surface area (Å²) in [6, 6.07) is 14.0. The van der Waals surface area contributed by atoms with Crippen molar-refractivity contribution in [2.75, 3.05) is 0 Å². The second kappa shape index (κ2) is 5.60. The van der Waals surface area contributed by atoms with Crippen LogP contribution in [-0.2, 0) is 0 Å². The second-order valence-corrected chi connectivity index (χ2v) is 6.11. The number of imidazole rings is 1. The average Bonchev–Trinajstić information content (AvgIpc) is 3.17. The maximum Gasteiger partial charge on any atom is 0.141 e. The van der Waals surface area contributed by atoms with Crippen molar-refractivity contribution in [1.82, 2.24) is 15.1 Å². The van der Waals surface area contributed by atoms with E-state index in [2.05, 4.69) is 27.3 Å². The molecule has 0 aliphatic heterocycles. The maximum atomic E-state index is 9.23. The average molecular weight is 328 g/mol. The van der Waals surface area contributed by atoms with Gasteiger partial charge in [-0.25, -0.2) is 4.98 Å². The lowest BCUT2D eigenvalue weighted by Crippen LogP contribution is -1.89. The summed E-state index contributed by atoms with van der Waals surface area (Å²) in [4.78, 5) is 8.06. The minimum absolute atomic E-state index is 0.661. The van der Waals surface area contributed by atoms with Gasteiger partial charge < -0.3 is 9.51 Å². The van der Waals surface area contributed by atoms with Crippen molar-refractivity contribution in [3.8, 4) is 28.6 Å². The number of H-pyrrole nitrogens is 1. The van der Waals surface area contributed by atoms with Gasteiger partial charge in [-0.05, 0) is 50.1 Å². The number of aromatic nitrogens is 3. The van der Waals surface area contributed by atoms with Gasteiger partial charge in [0.2, 0.25) is 0 Å². The molecule has 0 amide bonds. The van der Waals surface area contributed by atoms with Crippen molar-refractivity contribution in [2.45, 2.75) is 20.8 Å². The summed E-state index contributed by atoms with van der Waals surface area (Å²) in [6.45, 7) is 5.79. The zero-order valence-corrected chi connectivity index (χ0v) is 14.2. The summed E-state index contributed by atoms with van der Waals surface area (Å²) < 4.78 is 5.27. The Morgan fingerprint density at radius 1 is 1.12 bits per heavy atom. The molecule has 1 N–H and O–H groups in total. The van der Waals surface area contributed by atoms with Gasteiger partial charge >= 0.3 is 0 Å². The zero-order chi connectivity index (χ0) is 17.6. The van der Waals surface area contributed by atoms with Crippen LogP contribution in [0.25, 0.3) is 33.5 Å². The Morgan fingerprint density at radius 3 is 2.68 bits per heavy atom. The molecule has 2 aromatic heterocycles. The van der Waals surface area contributed by atoms with Gasteiger partial charge in [-0.3, -0.25) is 0 Å². The number of hydrogen-bond acceptors (Lipinski definition) is 4. The highest BCUT2D eigenvalue weighted by atomic mass is 16.5. The Bertz CT molecular complexity index is 1120. The van der Waals surface area contributed by atoms with Gasteiger partial charge in [-0.15, -0.1) is 0 Å². The van der Waals surface area contributed by atoms with Crippen LogP contribution in [0.4, 0.5) is 0 Å². The number of nitriles is 1. The van der Waals surface area contributed by atoms with E-state index in [0.717, 1.165) is 50.6 Å². The van der Waals surface area contributed by atoms with Crippen molar-refractivity contribution in [1.29, 1.82) is 5.26 Å². The van der Waals surface area contributed by atoms with E-state index in [1.165, 1.54) is 0 Å². The first-order valence-corrected chi connectivity index (χ1v) is 8.01. The molecule has 2 heterocycles. The molecule has 0 saturated carbocycles. The molecule has 0 spiro atoms. The molecule has 0 aliphatic rings. The summed E-state index contributed by atoms with van der Waals surface area (Å²) in [7, 11) is 0. The molecule has 0 aliphatic carbocycles. The summed E-state index contributed by atoms with van der Waals surface area (Å²) in [5.74, 6) is 1.56. The summed E-state index contributed by atoms with van der Waals surface area (Å²) in [5, 5.41) is 13.3. The topological polar surface area (TPSA) is 78.5 Å². The Morgan fingerprint density at radius 2 is 1.96 bits per heavy atom. The van der Waals surface area contributed by atoms with Crippen LogP contribution in [0.3, 0.4) is 0 Å². The van der Waals surface area contributed by atoms with Crippen molar-refractivity contribution < 1.29 is 4.52 Å². The predicted octanol–water partition coefficient (Wildman–Crippen LogP) is 4.68. The summed E-state index contributed by atoms with van der Waals surface area (Å²) in [5.41, 5.74) is 7.27. The van der Waals surface area contributed by atoms with Crippen LogP contribution in [0.5, 0.6) is 0 Å². The van der Waals surface area contributed by atoms with E-state index in [9.17, 15) is 5.26 Å². The molecule has 0 atom stereocenters. The van der Waals surface area contributed by atoms with Gasteiger partial charge in [0.05, 0.1) is 28.4 Å². The lowest BCUT2D eigenvalue weighted by atomic mass is 10.0. The van der Waals surface area contributed by atoms with Crippen LogP contribution in [0, 0.1) is 32.1 Å². The minimum atomic E-state index is 0.661. The van der Waals surface area contributed by atoms with Crippen LogP contribution < -0.4 is 0 Å². The van der Waals surface area contributed by atoms with E-state index in [4.69, 9.17) is 4.52 Å². The summed E-state index contributed by atoms with van der Waals surface area (Å²) >= 11 is 0. The molecule has 0 fully saturated rings. The van der Waals surface area contributed by atoms with E-state index in [1.54, 1.807) is 0 Å². The highest BCUT2D eigenvalue weighted by molar-refractivity contribution is 5.85. The Labute approximate surface area is 144 Å². The first kappa shape index (κ1) is 15.2. The van der Waals surface area contributed by atoms with E-state index < -0.39 is 0 Å². The first-order chi connectivity index (χ1) is 12.1. The van der Waals surface area contributed by atoms with Gasteiger partial charge in [0, 0.05) is 11.1 Å². The minimum Gasteiger partial charge on any atom is -0.361 e. The summed E-state index contributed by atoms with van der Waals surface area (Å²) in [6.07, 6.45) is 0. The van der Waals surface area contributed by atoms with Crippen molar-refractivity contribution in [2.24, 2.45) is 0 Å². The maximum absolute atomic E-state index is 9.23. The largest absolute Gasteiger partial charge is 0.361 e. The van der Waals surface area contributed by atoms with Crippen LogP contribution in [-0.4, -0.2) is 15.1 Å². The van der Waals surface area contributed by atoms with Crippen LogP contribution in [0.1, 0.15) is 22.6 Å². The van der Waals surface area contributed by atoms with Gasteiger partial charge in [0.1, 0.15) is 11.6 Å². The number of nitrogens with one attached hydrogen (secondary N) is 1. The molecule has 2 aromatic carbocycles. The van der Waals surface area contributed by atoms with E-state index in [-0.39, 0.29) is 0 Å². The van der Waals surface area contributed by atoms with E-state index in [1.807, 2.05) is 51.1 Å². The fourth-order valence-corrected chi connectivity index (χ4v) is 3.20. The number of benzene rings is 2. The highest BCUT2D eigenvalue weighted by Crippen LogP contribution is 2.31. The molecule has 5 nitrogen and oxygen atoms in total. The third-order valence-corrected chi connectivity index (χ3v) is 4.51. The van der Waals surface area contributed by atoms with Crippen molar-refractivity contribution >= 4 is 11.0 Å². The monoisotopic (exact) mass is 328 g/mol. The lowest BCUT2D eigenvalue weighted by molar-refractivity contribution is 0.393. The van der Waals surface area contributed by atoms with Crippen molar-refractivity contribution in [3.05, 3.63) is 59.0 Å². The van der Waals surface area contributed by atoms with Gasteiger partial charge in [0.15, 0.2) is 0 Å². The quantitative estimate of drug-likeness (QED) is 0.579. The third-order valence-electron chi connectivity index (χ3n) is 4.51. The Kier molecular flexibility index (Phi) is 3.40. The van der Waals surface area contributed by atoms with Crippen LogP contribution in [0.2, 0.25) is 0 Å². The normalized spacial score (nSPS) is 11.0. The van der Waals surface area contributed by atoms with Gasteiger partial charge in [-0.1, -0.05) is 23.4 Å². The molecule has 0 saturated heterocycles. The van der Waals surface area contributed by atoms with Gasteiger partial charge in [0.25, 0.3) is 0 Å².